The van der Waals surface area contributed by atoms with Crippen LogP contribution in [0.1, 0.15) is 38.3 Å². The second kappa shape index (κ2) is 13.3. The minimum atomic E-state index is -4.55. The summed E-state index contributed by atoms with van der Waals surface area (Å²) < 4.78 is 47.2. The number of aromatic nitrogens is 2. The number of likely N-dealkylation sites (N-methyl/N-ethyl adjacent to an activating group) is 1. The van der Waals surface area contributed by atoms with E-state index in [9.17, 15) is 18.0 Å². The zero-order chi connectivity index (χ0) is 31.3. The van der Waals surface area contributed by atoms with Gasteiger partial charge in [-0.3, -0.25) is 9.69 Å². The molecule has 1 N–H and O–H groups in total. The molecule has 0 atom stereocenters. The highest BCUT2D eigenvalue weighted by Crippen LogP contribution is 2.35. The van der Waals surface area contributed by atoms with Crippen LogP contribution >= 0.6 is 0 Å². The molecule has 0 unspecified atom stereocenters. The molecule has 1 fully saturated rings. The number of rotatable bonds is 6. The van der Waals surface area contributed by atoms with Crippen LogP contribution in [-0.4, -0.2) is 66.2 Å². The van der Waals surface area contributed by atoms with Crippen molar-refractivity contribution in [2.24, 2.45) is 0 Å². The van der Waals surface area contributed by atoms with Crippen molar-refractivity contribution in [3.8, 4) is 28.8 Å². The maximum Gasteiger partial charge on any atom is 0.416 e. The number of nitrogens with one attached hydrogen (secondary N) is 1. The predicted molar refractivity (Wildman–Crippen MR) is 163 cm³/mol. The lowest BCUT2D eigenvalue weighted by Crippen LogP contribution is -2.44. The van der Waals surface area contributed by atoms with Crippen LogP contribution < -0.4 is 10.1 Å². The smallest absolute Gasteiger partial charge is 0.416 e. The number of halogens is 3. The van der Waals surface area contributed by atoms with Crippen LogP contribution in [0, 0.1) is 18.8 Å². The van der Waals surface area contributed by atoms with Gasteiger partial charge in [-0.25, -0.2) is 0 Å². The number of piperazine rings is 1. The molecule has 5 rings (SSSR count). The summed E-state index contributed by atoms with van der Waals surface area (Å²) in [6.07, 6.45) is -4.55. The van der Waals surface area contributed by atoms with Crippen LogP contribution in [-0.2, 0) is 12.7 Å². The molecule has 4 aromatic rings. The van der Waals surface area contributed by atoms with Crippen molar-refractivity contribution in [3.05, 3.63) is 106 Å². The molecule has 2 heterocycles. The molecule has 1 aromatic heterocycles. The number of hydrogen-bond donors (Lipinski definition) is 1. The van der Waals surface area contributed by atoms with E-state index < -0.39 is 17.6 Å². The minimum Gasteiger partial charge on any atom is -0.497 e. The number of methoxy groups -OCH3 is 1. The summed E-state index contributed by atoms with van der Waals surface area (Å²) in [5.41, 5.74) is 3.25. The molecular weight excluding hydrogens is 567 g/mol. The highest BCUT2D eigenvalue weighted by Gasteiger charge is 2.34. The Bertz CT molecular complexity index is 1690. The number of anilines is 1. The van der Waals surface area contributed by atoms with Gasteiger partial charge in [0.15, 0.2) is 0 Å². The maximum atomic E-state index is 14.0. The normalized spacial score (nSPS) is 14.0. The number of amides is 1. The average Bonchev–Trinajstić information content (AvgIpc) is 3.02. The molecular formula is C34H32F3N5O2. The first-order valence-electron chi connectivity index (χ1n) is 14.1. The van der Waals surface area contributed by atoms with Gasteiger partial charge in [0, 0.05) is 55.1 Å². The summed E-state index contributed by atoms with van der Waals surface area (Å²) >= 11 is 0. The molecule has 0 aliphatic carbocycles. The third-order valence-electron chi connectivity index (χ3n) is 7.54. The summed E-state index contributed by atoms with van der Waals surface area (Å²) in [5.74, 6) is 6.22. The van der Waals surface area contributed by atoms with Crippen molar-refractivity contribution in [1.82, 2.24) is 20.0 Å². The third kappa shape index (κ3) is 7.61. The van der Waals surface area contributed by atoms with Crippen LogP contribution in [0.25, 0.3) is 11.3 Å². The third-order valence-corrected chi connectivity index (χ3v) is 7.54. The van der Waals surface area contributed by atoms with E-state index in [4.69, 9.17) is 4.74 Å². The van der Waals surface area contributed by atoms with Crippen molar-refractivity contribution in [2.75, 3.05) is 45.7 Å². The Kier molecular flexibility index (Phi) is 9.28. The summed E-state index contributed by atoms with van der Waals surface area (Å²) in [6, 6.07) is 20.0. The molecule has 44 heavy (non-hydrogen) atoms. The lowest BCUT2D eigenvalue weighted by molar-refractivity contribution is -0.138. The molecule has 226 valence electrons. The monoisotopic (exact) mass is 599 g/mol. The molecule has 10 heteroatoms. The number of ether oxygens (including phenoxy) is 1. The Hall–Kier alpha value is -4.72. The standard InChI is InChI=1S/C34H32F3N5O2/c1-23-4-5-26(20-25(23)6-10-28-12-15-32(40-39-28)24-8-13-30(44-3)14-9-24)33(43)38-29-11-7-27(31(21-29)34(35,36)37)22-42-18-16-41(2)17-19-42/h4-5,7-9,11-15,20-21H,16-19,22H2,1-3H3,(H,38,43). The summed E-state index contributed by atoms with van der Waals surface area (Å²) in [7, 11) is 3.60. The fourth-order valence-corrected chi connectivity index (χ4v) is 4.85. The van der Waals surface area contributed by atoms with Gasteiger partial charge in [-0.05, 0) is 91.7 Å². The van der Waals surface area contributed by atoms with Crippen molar-refractivity contribution in [2.45, 2.75) is 19.6 Å². The van der Waals surface area contributed by atoms with Gasteiger partial charge in [-0.15, -0.1) is 10.2 Å². The fourth-order valence-electron chi connectivity index (χ4n) is 4.85. The second-order valence-corrected chi connectivity index (χ2v) is 10.7. The van der Waals surface area contributed by atoms with E-state index in [1.165, 1.54) is 12.1 Å². The molecule has 1 saturated heterocycles. The van der Waals surface area contributed by atoms with E-state index in [0.717, 1.165) is 36.0 Å². The van der Waals surface area contributed by atoms with Crippen LogP contribution in [0.15, 0.2) is 72.8 Å². The maximum absolute atomic E-state index is 14.0. The fraction of sp³-hybridized carbons (Fsp3) is 0.265. The van der Waals surface area contributed by atoms with Gasteiger partial charge in [-0.2, -0.15) is 13.2 Å². The van der Waals surface area contributed by atoms with E-state index in [1.807, 2.05) is 49.2 Å². The molecule has 0 spiro atoms. The lowest BCUT2D eigenvalue weighted by Gasteiger charge is -2.33. The summed E-state index contributed by atoms with van der Waals surface area (Å²) in [6.45, 7) is 5.08. The second-order valence-electron chi connectivity index (χ2n) is 10.7. The molecule has 1 aliphatic rings. The summed E-state index contributed by atoms with van der Waals surface area (Å²) in [5, 5.41) is 11.1. The molecule has 0 bridgehead atoms. The van der Waals surface area contributed by atoms with Crippen molar-refractivity contribution < 1.29 is 22.7 Å². The summed E-state index contributed by atoms with van der Waals surface area (Å²) in [4.78, 5) is 17.2. The Balaban J connectivity index is 1.29. The molecule has 3 aromatic carbocycles. The number of carbonyl (C=O) groups excluding carboxylic acids is 1. The van der Waals surface area contributed by atoms with E-state index in [2.05, 4.69) is 32.3 Å². The number of benzene rings is 3. The van der Waals surface area contributed by atoms with Crippen LogP contribution in [0.4, 0.5) is 18.9 Å². The topological polar surface area (TPSA) is 70.6 Å². The average molecular weight is 600 g/mol. The Morgan fingerprint density at radius 2 is 1.68 bits per heavy atom. The highest BCUT2D eigenvalue weighted by atomic mass is 19.4. The first kappa shape index (κ1) is 30.7. The molecule has 7 nitrogen and oxygen atoms in total. The van der Waals surface area contributed by atoms with Crippen molar-refractivity contribution in [3.63, 3.8) is 0 Å². The molecule has 1 amide bonds. The SMILES string of the molecule is COc1ccc(-c2ccc(C#Cc3cc(C(=O)Nc4ccc(CN5CCN(C)CC5)c(C(F)(F)F)c4)ccc3C)nn2)cc1. The van der Waals surface area contributed by atoms with Crippen LogP contribution in [0.5, 0.6) is 5.75 Å². The molecule has 0 radical (unpaired) electrons. The number of hydrogen-bond acceptors (Lipinski definition) is 6. The van der Waals surface area contributed by atoms with Gasteiger partial charge in [0.1, 0.15) is 11.4 Å². The lowest BCUT2D eigenvalue weighted by atomic mass is 10.0. The van der Waals surface area contributed by atoms with E-state index in [0.29, 0.717) is 30.0 Å². The predicted octanol–water partition coefficient (Wildman–Crippen LogP) is 5.88. The highest BCUT2D eigenvalue weighted by molar-refractivity contribution is 6.04. The van der Waals surface area contributed by atoms with E-state index >= 15 is 0 Å². The van der Waals surface area contributed by atoms with Gasteiger partial charge in [0.2, 0.25) is 0 Å². The van der Waals surface area contributed by atoms with Gasteiger partial charge >= 0.3 is 6.18 Å². The van der Waals surface area contributed by atoms with Crippen LogP contribution in [0.3, 0.4) is 0 Å². The van der Waals surface area contributed by atoms with Crippen molar-refractivity contribution >= 4 is 11.6 Å². The van der Waals surface area contributed by atoms with Gasteiger partial charge in [0.25, 0.3) is 5.91 Å². The number of aryl methyl sites for hydroxylation is 1. The molecule has 0 saturated carbocycles. The zero-order valence-electron chi connectivity index (χ0n) is 24.7. The Morgan fingerprint density at radius 3 is 2.34 bits per heavy atom. The number of alkyl halides is 3. The quantitative estimate of drug-likeness (QED) is 0.279. The largest absolute Gasteiger partial charge is 0.497 e. The Morgan fingerprint density at radius 1 is 0.932 bits per heavy atom. The van der Waals surface area contributed by atoms with E-state index in [1.54, 1.807) is 31.4 Å². The Labute approximate surface area is 254 Å². The minimum absolute atomic E-state index is 0.0740. The zero-order valence-corrected chi connectivity index (χ0v) is 24.7. The molecule has 1 aliphatic heterocycles. The number of carbonyl (C=O) groups is 1. The van der Waals surface area contributed by atoms with Gasteiger partial charge in [0.05, 0.1) is 18.4 Å². The van der Waals surface area contributed by atoms with Gasteiger partial charge < -0.3 is 15.0 Å². The van der Waals surface area contributed by atoms with Crippen LogP contribution in [0.2, 0.25) is 0 Å². The first-order chi connectivity index (χ1) is 21.1. The van der Waals surface area contributed by atoms with Crippen molar-refractivity contribution in [1.29, 1.82) is 0 Å². The van der Waals surface area contributed by atoms with E-state index in [-0.39, 0.29) is 23.4 Å². The first-order valence-corrected chi connectivity index (χ1v) is 14.1. The van der Waals surface area contributed by atoms with Gasteiger partial charge in [-0.1, -0.05) is 18.1 Å². The number of nitrogens with zero attached hydrogens (tertiary/aromatic N) is 4.